The first-order chi connectivity index (χ1) is 18.8. The molecule has 0 saturated carbocycles. The van der Waals surface area contributed by atoms with Crippen molar-refractivity contribution in [3.8, 4) is 11.5 Å². The fraction of sp³-hybridized carbons (Fsp3) is 0.471. The molecule has 3 nitrogen and oxygen atoms in total. The van der Waals surface area contributed by atoms with Crippen LogP contribution in [0.2, 0.25) is 0 Å². The van der Waals surface area contributed by atoms with E-state index in [1.54, 1.807) is 12.1 Å². The summed E-state index contributed by atoms with van der Waals surface area (Å²) in [5.41, 5.74) is 3.75. The van der Waals surface area contributed by atoms with Gasteiger partial charge in [0, 0.05) is 28.4 Å². The molecule has 0 spiro atoms. The number of ether oxygens (including phenoxy) is 1. The smallest absolute Gasteiger partial charge is 0.126 e. The summed E-state index contributed by atoms with van der Waals surface area (Å²) in [4.78, 5) is 3.99. The average Bonchev–Trinajstić information content (AvgIpc) is 3.48. The number of phenols is 1. The van der Waals surface area contributed by atoms with E-state index in [2.05, 4.69) is 59.5 Å². The molecule has 3 aromatic carbocycles. The highest BCUT2D eigenvalue weighted by Crippen LogP contribution is 2.47. The molecule has 0 bridgehead atoms. The minimum Gasteiger partial charge on any atom is -0.508 e. The van der Waals surface area contributed by atoms with Crippen LogP contribution in [0.15, 0.2) is 77.7 Å². The number of aromatic hydroxyl groups is 1. The number of hydrogen-bond acceptors (Lipinski definition) is 4. The Morgan fingerprint density at radius 1 is 0.763 bits per heavy atom. The van der Waals surface area contributed by atoms with Crippen molar-refractivity contribution in [1.29, 1.82) is 0 Å². The summed E-state index contributed by atoms with van der Waals surface area (Å²) < 4.78 is 6.11. The zero-order chi connectivity index (χ0) is 26.0. The minimum absolute atomic E-state index is 0.205. The first-order valence-electron chi connectivity index (χ1n) is 14.7. The van der Waals surface area contributed by atoms with Gasteiger partial charge in [-0.05, 0) is 80.4 Å². The van der Waals surface area contributed by atoms with Crippen LogP contribution in [-0.2, 0) is 0 Å². The van der Waals surface area contributed by atoms with Crippen LogP contribution in [0.5, 0.6) is 11.5 Å². The number of fused-ring (bicyclic) bond motifs is 1. The molecular weight excluding hydrogens is 486 g/mol. The molecule has 0 amide bonds. The van der Waals surface area contributed by atoms with Crippen molar-refractivity contribution in [3.05, 3.63) is 89.5 Å². The van der Waals surface area contributed by atoms with Gasteiger partial charge in [-0.15, -0.1) is 11.8 Å². The topological polar surface area (TPSA) is 32.7 Å². The van der Waals surface area contributed by atoms with E-state index < -0.39 is 0 Å². The largest absolute Gasteiger partial charge is 0.508 e. The van der Waals surface area contributed by atoms with Gasteiger partial charge in [-0.3, -0.25) is 0 Å². The van der Waals surface area contributed by atoms with Gasteiger partial charge >= 0.3 is 0 Å². The molecule has 0 aromatic heterocycles. The lowest BCUT2D eigenvalue weighted by Gasteiger charge is -2.34. The van der Waals surface area contributed by atoms with Crippen LogP contribution in [0.25, 0.3) is 0 Å². The third-order valence-electron chi connectivity index (χ3n) is 8.21. The number of thioether (sulfide) groups is 1. The zero-order valence-corrected chi connectivity index (χ0v) is 23.5. The van der Waals surface area contributed by atoms with Gasteiger partial charge in [0.1, 0.15) is 11.5 Å². The molecule has 202 valence electrons. The van der Waals surface area contributed by atoms with Crippen molar-refractivity contribution in [2.75, 3.05) is 32.0 Å². The maximum Gasteiger partial charge on any atom is 0.126 e. The highest BCUT2D eigenvalue weighted by atomic mass is 32.2. The number of phenolic OH excluding ortho intramolecular Hbond substituents is 1. The van der Waals surface area contributed by atoms with Crippen LogP contribution in [0.4, 0.5) is 0 Å². The van der Waals surface area contributed by atoms with Gasteiger partial charge in [0.2, 0.25) is 0 Å². The van der Waals surface area contributed by atoms with Crippen molar-refractivity contribution < 1.29 is 9.84 Å². The summed E-state index contributed by atoms with van der Waals surface area (Å²) >= 11 is 1.98. The summed E-state index contributed by atoms with van der Waals surface area (Å²) in [5.74, 6) is 2.70. The summed E-state index contributed by atoms with van der Waals surface area (Å²) in [6, 6.07) is 25.4. The van der Waals surface area contributed by atoms with Crippen LogP contribution in [0.3, 0.4) is 0 Å². The van der Waals surface area contributed by atoms with Gasteiger partial charge in [0.15, 0.2) is 0 Å². The molecule has 4 heteroatoms. The predicted octanol–water partition coefficient (Wildman–Crippen LogP) is 8.62. The van der Waals surface area contributed by atoms with Gasteiger partial charge < -0.3 is 14.7 Å². The van der Waals surface area contributed by atoms with E-state index in [0.29, 0.717) is 6.61 Å². The summed E-state index contributed by atoms with van der Waals surface area (Å²) in [6.07, 6.45) is 12.4. The summed E-state index contributed by atoms with van der Waals surface area (Å²) in [6.45, 7) is 4.61. The van der Waals surface area contributed by atoms with Gasteiger partial charge in [-0.2, -0.15) is 0 Å². The van der Waals surface area contributed by atoms with Gasteiger partial charge in [-0.1, -0.05) is 80.6 Å². The summed E-state index contributed by atoms with van der Waals surface area (Å²) in [5, 5.41) is 10.0. The maximum absolute atomic E-state index is 10.0. The molecule has 0 radical (unpaired) electrons. The molecule has 1 saturated heterocycles. The van der Waals surface area contributed by atoms with E-state index in [4.69, 9.17) is 4.74 Å². The van der Waals surface area contributed by atoms with Crippen molar-refractivity contribution in [2.45, 2.75) is 74.5 Å². The Hall–Kier alpha value is -2.43. The van der Waals surface area contributed by atoms with Crippen molar-refractivity contribution in [2.24, 2.45) is 0 Å². The molecule has 2 atom stereocenters. The molecule has 1 N–H and O–H groups in total. The van der Waals surface area contributed by atoms with Gasteiger partial charge in [0.05, 0.1) is 6.61 Å². The number of likely N-dealkylation sites (tertiary alicyclic amines) is 1. The third kappa shape index (κ3) is 7.36. The van der Waals surface area contributed by atoms with Crippen LogP contribution < -0.4 is 4.74 Å². The summed E-state index contributed by atoms with van der Waals surface area (Å²) in [7, 11) is 0. The number of hydrogen-bond donors (Lipinski definition) is 1. The minimum atomic E-state index is 0.205. The van der Waals surface area contributed by atoms with Crippen LogP contribution in [-0.4, -0.2) is 42.0 Å². The van der Waals surface area contributed by atoms with Crippen molar-refractivity contribution in [3.63, 3.8) is 0 Å². The normalized spacial score (nSPS) is 19.3. The van der Waals surface area contributed by atoms with Crippen LogP contribution in [0.1, 0.15) is 86.3 Å². The molecule has 38 heavy (non-hydrogen) atoms. The molecule has 5 rings (SSSR count). The monoisotopic (exact) mass is 529 g/mol. The molecule has 2 aliphatic rings. The molecule has 2 aliphatic heterocycles. The van der Waals surface area contributed by atoms with Crippen molar-refractivity contribution >= 4 is 11.8 Å². The number of rotatable bonds is 13. The third-order valence-corrected chi connectivity index (χ3v) is 9.30. The Morgan fingerprint density at radius 3 is 2.24 bits per heavy atom. The average molecular weight is 530 g/mol. The van der Waals surface area contributed by atoms with E-state index >= 15 is 0 Å². The highest BCUT2D eigenvalue weighted by molar-refractivity contribution is 7.99. The standard InChI is InChI=1S/C34H43NO2S/c36-29-17-20-31-33(25-29)37-26-32(27-13-7-6-8-14-27)34(31)28-15-18-30(19-16-28)38-24-12-5-3-1-2-4-9-21-35-22-10-11-23-35/h6-8,13-20,25,32,34,36H,1-5,9-12,21-24,26H2/t32-,34-/m0/s1. The Balaban J connectivity index is 1.09. The second-order valence-electron chi connectivity index (χ2n) is 11.0. The lowest BCUT2D eigenvalue weighted by Crippen LogP contribution is -2.25. The Bertz CT molecular complexity index is 1110. The van der Waals surface area contributed by atoms with E-state index in [1.165, 1.54) is 99.2 Å². The second kappa shape index (κ2) is 14.1. The van der Waals surface area contributed by atoms with E-state index in [0.717, 1.165) is 11.3 Å². The lowest BCUT2D eigenvalue weighted by atomic mass is 9.76. The second-order valence-corrected chi connectivity index (χ2v) is 12.1. The van der Waals surface area contributed by atoms with Crippen LogP contribution in [0, 0.1) is 0 Å². The molecule has 1 fully saturated rings. The fourth-order valence-electron chi connectivity index (χ4n) is 6.09. The first-order valence-corrected chi connectivity index (χ1v) is 15.7. The molecule has 2 heterocycles. The Labute approximate surface area is 233 Å². The fourth-order valence-corrected chi connectivity index (χ4v) is 7.00. The quantitative estimate of drug-likeness (QED) is 0.177. The SMILES string of the molecule is Oc1ccc2c(c1)OC[C@@H](c1ccccc1)[C@H]2c1ccc(SCCCCCCCCCN2CCCC2)cc1. The Kier molecular flexibility index (Phi) is 10.1. The number of unbranched alkanes of at least 4 members (excludes halogenated alkanes) is 6. The number of nitrogens with zero attached hydrogens (tertiary/aromatic N) is 1. The number of benzene rings is 3. The Morgan fingerprint density at radius 2 is 1.47 bits per heavy atom. The van der Waals surface area contributed by atoms with Gasteiger partial charge in [-0.25, -0.2) is 0 Å². The highest BCUT2D eigenvalue weighted by Gasteiger charge is 2.33. The lowest BCUT2D eigenvalue weighted by molar-refractivity contribution is 0.248. The molecule has 0 unspecified atom stereocenters. The van der Waals surface area contributed by atoms with E-state index in [-0.39, 0.29) is 17.6 Å². The first kappa shape index (κ1) is 27.1. The predicted molar refractivity (Wildman–Crippen MR) is 160 cm³/mol. The van der Waals surface area contributed by atoms with Gasteiger partial charge in [0.25, 0.3) is 0 Å². The van der Waals surface area contributed by atoms with E-state index in [9.17, 15) is 5.11 Å². The van der Waals surface area contributed by atoms with Crippen LogP contribution >= 0.6 is 11.8 Å². The van der Waals surface area contributed by atoms with Crippen molar-refractivity contribution in [1.82, 2.24) is 4.90 Å². The zero-order valence-electron chi connectivity index (χ0n) is 22.7. The molecular formula is C34H43NO2S. The maximum atomic E-state index is 10.0. The van der Waals surface area contributed by atoms with E-state index in [1.807, 2.05) is 17.8 Å². The molecule has 3 aromatic rings. The molecule has 0 aliphatic carbocycles.